The summed E-state index contributed by atoms with van der Waals surface area (Å²) in [6.45, 7) is 5.56. The van der Waals surface area contributed by atoms with Crippen molar-refractivity contribution in [2.45, 2.75) is 83.0 Å². The quantitative estimate of drug-likeness (QED) is 0.816. The summed E-state index contributed by atoms with van der Waals surface area (Å²) in [5.41, 5.74) is -0.477. The second-order valence-corrected chi connectivity index (χ2v) is 10.0. The van der Waals surface area contributed by atoms with Crippen LogP contribution in [0, 0.1) is 0 Å². The van der Waals surface area contributed by atoms with Gasteiger partial charge < -0.3 is 15.4 Å². The number of hydrogen-bond acceptors (Lipinski definition) is 5. The van der Waals surface area contributed by atoms with Gasteiger partial charge in [0, 0.05) is 18.1 Å². The number of sulfone groups is 1. The van der Waals surface area contributed by atoms with Crippen LogP contribution in [0.5, 0.6) is 0 Å². The van der Waals surface area contributed by atoms with Crippen LogP contribution < -0.4 is 10.6 Å². The van der Waals surface area contributed by atoms with Crippen LogP contribution in [0.1, 0.15) is 59.3 Å². The lowest BCUT2D eigenvalue weighted by Gasteiger charge is -2.34. The van der Waals surface area contributed by atoms with E-state index in [0.717, 1.165) is 38.5 Å². The number of carbonyl (C=O) groups is 1. The third kappa shape index (κ3) is 6.67. The fourth-order valence-electron chi connectivity index (χ4n) is 3.37. The molecule has 0 radical (unpaired) electrons. The van der Waals surface area contributed by atoms with E-state index in [1.165, 1.54) is 0 Å². The molecule has 1 unspecified atom stereocenters. The van der Waals surface area contributed by atoms with E-state index in [1.807, 2.05) is 20.8 Å². The molecule has 2 aliphatic rings. The summed E-state index contributed by atoms with van der Waals surface area (Å²) in [5, 5.41) is 6.43. The predicted octanol–water partition coefficient (Wildman–Crippen LogP) is 1.99. The van der Waals surface area contributed by atoms with Crippen LogP contribution in [-0.2, 0) is 14.6 Å². The van der Waals surface area contributed by atoms with Gasteiger partial charge in [0.1, 0.15) is 5.60 Å². The van der Waals surface area contributed by atoms with Gasteiger partial charge in [0.05, 0.1) is 11.5 Å². The van der Waals surface area contributed by atoms with E-state index in [0.29, 0.717) is 11.8 Å². The molecule has 2 fully saturated rings. The molecule has 2 N–H and O–H groups in total. The summed E-state index contributed by atoms with van der Waals surface area (Å²) >= 11 is 0. The van der Waals surface area contributed by atoms with Gasteiger partial charge in [0.15, 0.2) is 9.84 Å². The number of carbonyl (C=O) groups excluding carboxylic acids is 1. The minimum absolute atomic E-state index is 0.0918. The predicted molar refractivity (Wildman–Crippen MR) is 90.2 cm³/mol. The van der Waals surface area contributed by atoms with Crippen molar-refractivity contribution in [3.05, 3.63) is 0 Å². The molecule has 1 atom stereocenters. The first kappa shape index (κ1) is 18.5. The standard InChI is InChI=1S/C16H30N2O4S/c1-16(2,3)22-15(19)18-13-8-6-12(7-9-13)17-14-5-4-10-23(20,21)11-14/h12-14,17H,4-11H2,1-3H3,(H,18,19). The molecule has 0 spiro atoms. The number of amides is 1. The maximum Gasteiger partial charge on any atom is 0.407 e. The second-order valence-electron chi connectivity index (χ2n) is 7.81. The van der Waals surface area contributed by atoms with Crippen LogP contribution in [0.2, 0.25) is 0 Å². The Hall–Kier alpha value is -0.820. The van der Waals surface area contributed by atoms with E-state index < -0.39 is 15.4 Å². The maximum atomic E-state index is 11.8. The van der Waals surface area contributed by atoms with Crippen molar-refractivity contribution in [3.8, 4) is 0 Å². The molecule has 2 rings (SSSR count). The fraction of sp³-hybridized carbons (Fsp3) is 0.938. The zero-order chi connectivity index (χ0) is 17.1. The number of hydrogen-bond donors (Lipinski definition) is 2. The lowest BCUT2D eigenvalue weighted by molar-refractivity contribution is 0.0489. The molecule has 1 saturated heterocycles. The van der Waals surface area contributed by atoms with Gasteiger partial charge in [0.2, 0.25) is 0 Å². The smallest absolute Gasteiger partial charge is 0.407 e. The second kappa shape index (κ2) is 7.38. The molecule has 1 heterocycles. The van der Waals surface area contributed by atoms with E-state index in [1.54, 1.807) is 0 Å². The van der Waals surface area contributed by atoms with E-state index in [2.05, 4.69) is 10.6 Å². The summed E-state index contributed by atoms with van der Waals surface area (Å²) in [5.74, 6) is 0.598. The van der Waals surface area contributed by atoms with Gasteiger partial charge in [0.25, 0.3) is 0 Å². The summed E-state index contributed by atoms with van der Waals surface area (Å²) in [6, 6.07) is 0.595. The summed E-state index contributed by atoms with van der Waals surface area (Å²) in [7, 11) is -2.86. The first-order valence-corrected chi connectivity index (χ1v) is 10.4. The fourth-order valence-corrected chi connectivity index (χ4v) is 5.02. The van der Waals surface area contributed by atoms with Crippen LogP contribution in [0.3, 0.4) is 0 Å². The molecule has 0 aromatic rings. The van der Waals surface area contributed by atoms with Crippen molar-refractivity contribution in [2.75, 3.05) is 11.5 Å². The summed E-state index contributed by atoms with van der Waals surface area (Å²) < 4.78 is 28.7. The topological polar surface area (TPSA) is 84.5 Å². The van der Waals surface area contributed by atoms with Crippen LogP contribution in [0.15, 0.2) is 0 Å². The Morgan fingerprint density at radius 2 is 1.61 bits per heavy atom. The maximum absolute atomic E-state index is 11.8. The third-order valence-corrected chi connectivity index (χ3v) is 6.20. The number of ether oxygens (including phenoxy) is 1. The zero-order valence-electron chi connectivity index (χ0n) is 14.4. The molecule has 0 aromatic carbocycles. The SMILES string of the molecule is CC(C)(C)OC(=O)NC1CCC(NC2CCCS(=O)(=O)C2)CC1. The Morgan fingerprint density at radius 3 is 2.17 bits per heavy atom. The molecule has 0 aromatic heterocycles. The van der Waals surface area contributed by atoms with Gasteiger partial charge in [-0.2, -0.15) is 0 Å². The molecule has 6 nitrogen and oxygen atoms in total. The van der Waals surface area contributed by atoms with Gasteiger partial charge >= 0.3 is 6.09 Å². The monoisotopic (exact) mass is 346 g/mol. The van der Waals surface area contributed by atoms with Crippen LogP contribution in [0.4, 0.5) is 4.79 Å². The molecule has 0 bridgehead atoms. The third-order valence-electron chi connectivity index (χ3n) is 4.38. The Bertz CT molecular complexity index is 505. The van der Waals surface area contributed by atoms with Crippen LogP contribution in [0.25, 0.3) is 0 Å². The first-order chi connectivity index (χ1) is 10.6. The molecule has 1 aliphatic heterocycles. The van der Waals surface area contributed by atoms with Crippen LogP contribution >= 0.6 is 0 Å². The largest absolute Gasteiger partial charge is 0.444 e. The highest BCUT2D eigenvalue weighted by molar-refractivity contribution is 7.91. The van der Waals surface area contributed by atoms with Crippen molar-refractivity contribution in [2.24, 2.45) is 0 Å². The Labute approximate surface area is 139 Å². The number of alkyl carbamates (subject to hydrolysis) is 1. The summed E-state index contributed by atoms with van der Waals surface area (Å²) in [6.07, 6.45) is 5.05. The molecule has 23 heavy (non-hydrogen) atoms. The molecule has 1 amide bonds. The highest BCUT2D eigenvalue weighted by Gasteiger charge is 2.29. The van der Waals surface area contributed by atoms with E-state index in [4.69, 9.17) is 4.74 Å². The molecular formula is C16H30N2O4S. The Morgan fingerprint density at radius 1 is 1.00 bits per heavy atom. The lowest BCUT2D eigenvalue weighted by atomic mass is 9.90. The van der Waals surface area contributed by atoms with Crippen molar-refractivity contribution >= 4 is 15.9 Å². The van der Waals surface area contributed by atoms with E-state index in [-0.39, 0.29) is 23.9 Å². The number of rotatable bonds is 3. The molecule has 134 valence electrons. The Balaban J connectivity index is 1.71. The van der Waals surface area contributed by atoms with Gasteiger partial charge in [-0.3, -0.25) is 0 Å². The molecule has 1 aliphatic carbocycles. The molecule has 7 heteroatoms. The van der Waals surface area contributed by atoms with Gasteiger partial charge in [-0.1, -0.05) is 0 Å². The normalized spacial score (nSPS) is 31.3. The lowest BCUT2D eigenvalue weighted by Crippen LogP contribution is -2.49. The minimum atomic E-state index is -2.86. The van der Waals surface area contributed by atoms with Crippen molar-refractivity contribution < 1.29 is 17.9 Å². The molecular weight excluding hydrogens is 316 g/mol. The zero-order valence-corrected chi connectivity index (χ0v) is 15.2. The highest BCUT2D eigenvalue weighted by atomic mass is 32.2. The van der Waals surface area contributed by atoms with Crippen LogP contribution in [-0.4, -0.2) is 49.7 Å². The summed E-state index contributed by atoms with van der Waals surface area (Å²) in [4.78, 5) is 11.8. The van der Waals surface area contributed by atoms with E-state index >= 15 is 0 Å². The Kier molecular flexibility index (Phi) is 5.94. The minimum Gasteiger partial charge on any atom is -0.444 e. The average Bonchev–Trinajstić information content (AvgIpc) is 2.37. The van der Waals surface area contributed by atoms with Crippen molar-refractivity contribution in [1.82, 2.24) is 10.6 Å². The van der Waals surface area contributed by atoms with Crippen molar-refractivity contribution in [1.29, 1.82) is 0 Å². The molecule has 1 saturated carbocycles. The average molecular weight is 346 g/mol. The highest BCUT2D eigenvalue weighted by Crippen LogP contribution is 2.21. The van der Waals surface area contributed by atoms with Gasteiger partial charge in [-0.25, -0.2) is 13.2 Å². The number of nitrogens with one attached hydrogen (secondary N) is 2. The first-order valence-electron chi connectivity index (χ1n) is 8.59. The van der Waals surface area contributed by atoms with Gasteiger partial charge in [-0.05, 0) is 59.3 Å². The van der Waals surface area contributed by atoms with Gasteiger partial charge in [-0.15, -0.1) is 0 Å². The van der Waals surface area contributed by atoms with Crippen molar-refractivity contribution in [3.63, 3.8) is 0 Å². The van der Waals surface area contributed by atoms with E-state index in [9.17, 15) is 13.2 Å².